The Morgan fingerprint density at radius 3 is 2.38 bits per heavy atom. The van der Waals surface area contributed by atoms with Crippen LogP contribution in [0.2, 0.25) is 0 Å². The molecule has 0 spiro atoms. The number of ether oxygens (including phenoxy) is 1. The van der Waals surface area contributed by atoms with Crippen molar-refractivity contribution in [3.05, 3.63) is 24.3 Å². The molecule has 0 aliphatic rings. The van der Waals surface area contributed by atoms with E-state index in [1.54, 1.807) is 7.11 Å². The van der Waals surface area contributed by atoms with Crippen LogP contribution in [-0.2, 0) is 0 Å². The number of rotatable bonds is 5. The fourth-order valence-corrected chi connectivity index (χ4v) is 1.52. The van der Waals surface area contributed by atoms with Gasteiger partial charge in [0, 0.05) is 19.3 Å². The van der Waals surface area contributed by atoms with Gasteiger partial charge in [-0.2, -0.15) is 0 Å². The first-order valence-corrected chi connectivity index (χ1v) is 5.23. The molecule has 1 rings (SSSR count). The van der Waals surface area contributed by atoms with Crippen molar-refractivity contribution in [3.63, 3.8) is 0 Å². The monoisotopic (exact) mass is 224 g/mol. The summed E-state index contributed by atoms with van der Waals surface area (Å²) < 4.78 is 5.09. The Bertz CT molecular complexity index is 322. The zero-order valence-electron chi connectivity index (χ0n) is 10.1. The van der Waals surface area contributed by atoms with Crippen molar-refractivity contribution in [2.75, 3.05) is 32.2 Å². The molecule has 90 valence electrons. The number of likely N-dealkylation sites (N-methyl/N-ethyl adjacent to an activating group) is 1. The average Bonchev–Trinajstić information content (AvgIpc) is 2.28. The van der Waals surface area contributed by atoms with Crippen molar-refractivity contribution in [3.8, 4) is 5.75 Å². The summed E-state index contributed by atoms with van der Waals surface area (Å²) in [7, 11) is 3.59. The predicted octanol–water partition coefficient (Wildman–Crippen LogP) is 0.841. The van der Waals surface area contributed by atoms with Crippen LogP contribution in [0.15, 0.2) is 24.3 Å². The van der Waals surface area contributed by atoms with Crippen LogP contribution < -0.4 is 15.4 Å². The number of aliphatic hydroxyl groups excluding tert-OH is 1. The van der Waals surface area contributed by atoms with Gasteiger partial charge < -0.3 is 20.5 Å². The Hall–Kier alpha value is -1.26. The standard InChI is InChI=1S/C12H20N2O2/c1-12(13,9-15)8-14(2)10-4-6-11(16-3)7-5-10/h4-7,15H,8-9,13H2,1-3H3. The molecule has 1 aromatic carbocycles. The SMILES string of the molecule is COc1ccc(N(C)CC(C)(N)CO)cc1. The zero-order chi connectivity index (χ0) is 12.2. The third-order valence-electron chi connectivity index (χ3n) is 2.47. The lowest BCUT2D eigenvalue weighted by atomic mass is 10.1. The molecular formula is C12H20N2O2. The van der Waals surface area contributed by atoms with Crippen molar-refractivity contribution in [1.82, 2.24) is 0 Å². The minimum absolute atomic E-state index is 0.0342. The maximum absolute atomic E-state index is 9.10. The van der Waals surface area contributed by atoms with Crippen LogP contribution in [0.1, 0.15) is 6.92 Å². The van der Waals surface area contributed by atoms with E-state index in [9.17, 15) is 0 Å². The van der Waals surface area contributed by atoms with E-state index in [1.165, 1.54) is 0 Å². The second-order valence-electron chi connectivity index (χ2n) is 4.37. The Balaban J connectivity index is 2.69. The third kappa shape index (κ3) is 3.40. The largest absolute Gasteiger partial charge is 0.497 e. The number of benzene rings is 1. The average molecular weight is 224 g/mol. The molecule has 0 bridgehead atoms. The number of nitrogens with two attached hydrogens (primary N) is 1. The normalized spacial score (nSPS) is 14.3. The van der Waals surface area contributed by atoms with Crippen LogP contribution in [0.25, 0.3) is 0 Å². The Morgan fingerprint density at radius 1 is 1.38 bits per heavy atom. The minimum atomic E-state index is -0.589. The van der Waals surface area contributed by atoms with Crippen molar-refractivity contribution >= 4 is 5.69 Å². The van der Waals surface area contributed by atoms with Gasteiger partial charge in [-0.25, -0.2) is 0 Å². The van der Waals surface area contributed by atoms with E-state index >= 15 is 0 Å². The molecule has 0 saturated carbocycles. The first-order valence-electron chi connectivity index (χ1n) is 5.23. The summed E-state index contributed by atoms with van der Waals surface area (Å²) in [4.78, 5) is 2.01. The molecule has 16 heavy (non-hydrogen) atoms. The number of methoxy groups -OCH3 is 1. The fraction of sp³-hybridized carbons (Fsp3) is 0.500. The third-order valence-corrected chi connectivity index (χ3v) is 2.47. The quantitative estimate of drug-likeness (QED) is 0.778. The molecular weight excluding hydrogens is 204 g/mol. The van der Waals surface area contributed by atoms with Gasteiger partial charge in [0.1, 0.15) is 5.75 Å². The summed E-state index contributed by atoms with van der Waals surface area (Å²) >= 11 is 0. The van der Waals surface area contributed by atoms with Crippen molar-refractivity contribution in [2.24, 2.45) is 5.73 Å². The highest BCUT2D eigenvalue weighted by Crippen LogP contribution is 2.19. The maximum Gasteiger partial charge on any atom is 0.119 e. The van der Waals surface area contributed by atoms with Crippen molar-refractivity contribution in [2.45, 2.75) is 12.5 Å². The van der Waals surface area contributed by atoms with Crippen molar-refractivity contribution < 1.29 is 9.84 Å². The smallest absolute Gasteiger partial charge is 0.119 e. The van der Waals surface area contributed by atoms with Gasteiger partial charge in [-0.1, -0.05) is 0 Å². The summed E-state index contributed by atoms with van der Waals surface area (Å²) in [6.07, 6.45) is 0. The Morgan fingerprint density at radius 2 is 1.94 bits per heavy atom. The van der Waals surface area contributed by atoms with Gasteiger partial charge in [-0.15, -0.1) is 0 Å². The lowest BCUT2D eigenvalue weighted by molar-refractivity contribution is 0.212. The lowest BCUT2D eigenvalue weighted by Gasteiger charge is -2.29. The first kappa shape index (κ1) is 12.8. The number of nitrogens with zero attached hydrogens (tertiary/aromatic N) is 1. The highest BCUT2D eigenvalue weighted by atomic mass is 16.5. The van der Waals surface area contributed by atoms with Gasteiger partial charge in [0.25, 0.3) is 0 Å². The van der Waals surface area contributed by atoms with E-state index < -0.39 is 5.54 Å². The topological polar surface area (TPSA) is 58.7 Å². The Labute approximate surface area is 96.6 Å². The minimum Gasteiger partial charge on any atom is -0.497 e. The lowest BCUT2D eigenvalue weighted by Crippen LogP contribution is -2.49. The summed E-state index contributed by atoms with van der Waals surface area (Å²) in [6, 6.07) is 7.73. The van der Waals surface area contributed by atoms with Gasteiger partial charge in [-0.3, -0.25) is 0 Å². The Kier molecular flexibility index (Phi) is 4.15. The van der Waals surface area contributed by atoms with Crippen LogP contribution in [0.5, 0.6) is 5.75 Å². The molecule has 0 aliphatic heterocycles. The van der Waals surface area contributed by atoms with E-state index in [2.05, 4.69) is 0 Å². The molecule has 0 fully saturated rings. The number of aliphatic hydroxyl groups is 1. The molecule has 0 saturated heterocycles. The van der Waals surface area contributed by atoms with Crippen LogP contribution in [0, 0.1) is 0 Å². The molecule has 0 aliphatic carbocycles. The highest BCUT2D eigenvalue weighted by molar-refractivity contribution is 5.48. The molecule has 1 aromatic rings. The van der Waals surface area contributed by atoms with E-state index in [4.69, 9.17) is 15.6 Å². The second kappa shape index (κ2) is 5.18. The number of hydrogen-bond donors (Lipinski definition) is 2. The first-order chi connectivity index (χ1) is 7.48. The van der Waals surface area contributed by atoms with Gasteiger partial charge in [0.2, 0.25) is 0 Å². The molecule has 1 unspecified atom stereocenters. The van der Waals surface area contributed by atoms with E-state index in [0.717, 1.165) is 11.4 Å². The highest BCUT2D eigenvalue weighted by Gasteiger charge is 2.19. The van der Waals surface area contributed by atoms with Gasteiger partial charge >= 0.3 is 0 Å². The molecule has 0 aromatic heterocycles. The molecule has 4 heteroatoms. The molecule has 0 radical (unpaired) electrons. The number of anilines is 1. The second-order valence-corrected chi connectivity index (χ2v) is 4.37. The molecule has 0 amide bonds. The van der Waals surface area contributed by atoms with Crippen molar-refractivity contribution in [1.29, 1.82) is 0 Å². The van der Waals surface area contributed by atoms with Crippen LogP contribution in [-0.4, -0.2) is 38.0 Å². The molecule has 3 N–H and O–H groups in total. The maximum atomic E-state index is 9.10. The molecule has 4 nitrogen and oxygen atoms in total. The van der Waals surface area contributed by atoms with Crippen LogP contribution in [0.3, 0.4) is 0 Å². The van der Waals surface area contributed by atoms with Gasteiger partial charge in [0.05, 0.1) is 19.3 Å². The van der Waals surface area contributed by atoms with Gasteiger partial charge in [-0.05, 0) is 31.2 Å². The van der Waals surface area contributed by atoms with E-state index in [-0.39, 0.29) is 6.61 Å². The number of hydrogen-bond acceptors (Lipinski definition) is 4. The summed E-state index contributed by atoms with van der Waals surface area (Å²) in [6.45, 7) is 2.39. The summed E-state index contributed by atoms with van der Waals surface area (Å²) in [5.74, 6) is 0.829. The fourth-order valence-electron chi connectivity index (χ4n) is 1.52. The molecule has 1 atom stereocenters. The van der Waals surface area contributed by atoms with Crippen LogP contribution in [0.4, 0.5) is 5.69 Å². The van der Waals surface area contributed by atoms with E-state index in [1.807, 2.05) is 43.1 Å². The van der Waals surface area contributed by atoms with Gasteiger partial charge in [0.15, 0.2) is 0 Å². The summed E-state index contributed by atoms with van der Waals surface area (Å²) in [5, 5.41) is 9.10. The van der Waals surface area contributed by atoms with E-state index in [0.29, 0.717) is 6.54 Å². The summed E-state index contributed by atoms with van der Waals surface area (Å²) in [5.41, 5.74) is 6.35. The molecule has 0 heterocycles. The predicted molar refractivity (Wildman–Crippen MR) is 65.9 cm³/mol. The zero-order valence-corrected chi connectivity index (χ0v) is 10.1. The van der Waals surface area contributed by atoms with Crippen LogP contribution >= 0.6 is 0 Å².